The predicted molar refractivity (Wildman–Crippen MR) is 115 cm³/mol. The van der Waals surface area contributed by atoms with Crippen molar-refractivity contribution in [2.75, 3.05) is 0 Å². The lowest BCUT2D eigenvalue weighted by Gasteiger charge is -2.04. The third kappa shape index (κ3) is 2.52. The van der Waals surface area contributed by atoms with Crippen molar-refractivity contribution in [1.29, 1.82) is 0 Å². The Morgan fingerprint density at radius 2 is 1.97 bits per heavy atom. The van der Waals surface area contributed by atoms with Crippen molar-refractivity contribution in [3.05, 3.63) is 73.1 Å². The van der Waals surface area contributed by atoms with Crippen molar-refractivity contribution in [2.24, 2.45) is 0 Å². The van der Waals surface area contributed by atoms with E-state index in [-0.39, 0.29) is 0 Å². The number of H-pyrrole nitrogens is 2. The van der Waals surface area contributed by atoms with E-state index in [0.717, 1.165) is 49.9 Å². The van der Waals surface area contributed by atoms with Gasteiger partial charge in [0.1, 0.15) is 5.69 Å². The molecule has 0 unspecified atom stereocenters. The lowest BCUT2D eigenvalue weighted by atomic mass is 10.0. The van der Waals surface area contributed by atoms with E-state index in [1.54, 1.807) is 18.7 Å². The maximum atomic E-state index is 5.25. The van der Waals surface area contributed by atoms with Crippen LogP contribution in [0.4, 0.5) is 0 Å². The van der Waals surface area contributed by atoms with E-state index in [1.807, 2.05) is 42.7 Å². The molecule has 2 N–H and O–H groups in total. The Morgan fingerprint density at radius 1 is 1.00 bits per heavy atom. The molecule has 6 rings (SSSR count). The van der Waals surface area contributed by atoms with Crippen molar-refractivity contribution < 1.29 is 4.42 Å². The highest BCUT2D eigenvalue weighted by Gasteiger charge is 2.16. The van der Waals surface area contributed by atoms with Crippen molar-refractivity contribution in [3.8, 4) is 33.8 Å². The van der Waals surface area contributed by atoms with Crippen LogP contribution < -0.4 is 0 Å². The van der Waals surface area contributed by atoms with Crippen LogP contribution >= 0.6 is 0 Å². The van der Waals surface area contributed by atoms with Crippen LogP contribution in [0, 0.1) is 6.92 Å². The second-order valence-corrected chi connectivity index (χ2v) is 7.18. The summed E-state index contributed by atoms with van der Waals surface area (Å²) in [6.45, 7) is 2.06. The van der Waals surface area contributed by atoms with Gasteiger partial charge in [0.2, 0.25) is 0 Å². The number of nitrogens with zero attached hydrogens (tertiary/aromatic N) is 4. The minimum Gasteiger partial charge on any atom is -0.472 e. The van der Waals surface area contributed by atoms with Crippen LogP contribution in [-0.2, 0) is 0 Å². The smallest absolute Gasteiger partial charge is 0.181 e. The van der Waals surface area contributed by atoms with Crippen LogP contribution in [-0.4, -0.2) is 30.1 Å². The lowest BCUT2D eigenvalue weighted by Crippen LogP contribution is -1.87. The average molecular weight is 392 g/mol. The number of para-hydroxylation sites is 1. The van der Waals surface area contributed by atoms with Gasteiger partial charge >= 0.3 is 0 Å². The summed E-state index contributed by atoms with van der Waals surface area (Å²) in [7, 11) is 0. The summed E-state index contributed by atoms with van der Waals surface area (Å²) < 4.78 is 5.25. The van der Waals surface area contributed by atoms with Gasteiger partial charge in [-0.15, -0.1) is 0 Å². The zero-order chi connectivity index (χ0) is 20.1. The van der Waals surface area contributed by atoms with Gasteiger partial charge < -0.3 is 9.40 Å². The Morgan fingerprint density at radius 3 is 2.83 bits per heavy atom. The molecular formula is C23H16N6O. The van der Waals surface area contributed by atoms with Crippen LogP contribution in [0.1, 0.15) is 5.56 Å². The molecule has 0 spiro atoms. The van der Waals surface area contributed by atoms with Crippen molar-refractivity contribution in [2.45, 2.75) is 6.92 Å². The summed E-state index contributed by atoms with van der Waals surface area (Å²) in [5.41, 5.74) is 8.45. The van der Waals surface area contributed by atoms with Gasteiger partial charge in [0.15, 0.2) is 11.5 Å². The van der Waals surface area contributed by atoms with Gasteiger partial charge in [0.25, 0.3) is 0 Å². The molecule has 1 aromatic carbocycles. The molecule has 0 aliphatic carbocycles. The second-order valence-electron chi connectivity index (χ2n) is 7.18. The molecule has 144 valence electrons. The first kappa shape index (κ1) is 16.7. The first-order chi connectivity index (χ1) is 14.8. The van der Waals surface area contributed by atoms with Gasteiger partial charge in [-0.2, -0.15) is 5.10 Å². The number of imidazole rings is 1. The average Bonchev–Trinajstić information content (AvgIpc) is 3.51. The summed E-state index contributed by atoms with van der Waals surface area (Å²) in [4.78, 5) is 17.1. The topological polar surface area (TPSA) is 96.3 Å². The van der Waals surface area contributed by atoms with Crippen molar-refractivity contribution >= 4 is 22.1 Å². The number of furan rings is 1. The molecule has 6 aromatic rings. The zero-order valence-corrected chi connectivity index (χ0v) is 16.0. The highest BCUT2D eigenvalue weighted by atomic mass is 16.3. The van der Waals surface area contributed by atoms with Crippen molar-refractivity contribution in [3.63, 3.8) is 0 Å². The van der Waals surface area contributed by atoms with Crippen LogP contribution in [0.25, 0.3) is 55.8 Å². The standard InChI is InChI=1S/C23H16N6O/c1-13-5-7-24-11-18(13)15-9-17-21(28-29-22(17)25-10-15)23-26-19-4-2-3-16(20(19)27-23)14-6-8-30-12-14/h2-12H,1H3,(H,26,27)(H,25,28,29). The first-order valence-corrected chi connectivity index (χ1v) is 9.55. The molecule has 0 radical (unpaired) electrons. The summed E-state index contributed by atoms with van der Waals surface area (Å²) in [6.07, 6.45) is 8.86. The van der Waals surface area contributed by atoms with Crippen LogP contribution in [0.3, 0.4) is 0 Å². The number of aromatic amines is 2. The molecule has 0 fully saturated rings. The Bertz CT molecular complexity index is 1510. The fraction of sp³-hybridized carbons (Fsp3) is 0.0435. The number of hydrogen-bond donors (Lipinski definition) is 2. The number of aryl methyl sites for hydroxylation is 1. The van der Waals surface area contributed by atoms with Gasteiger partial charge in [-0.3, -0.25) is 10.1 Å². The Kier molecular flexibility index (Phi) is 3.55. The highest BCUT2D eigenvalue weighted by Crippen LogP contribution is 2.32. The van der Waals surface area contributed by atoms with Gasteiger partial charge in [-0.1, -0.05) is 12.1 Å². The van der Waals surface area contributed by atoms with E-state index in [1.165, 1.54) is 0 Å². The number of aromatic nitrogens is 6. The number of fused-ring (bicyclic) bond motifs is 2. The fourth-order valence-corrected chi connectivity index (χ4v) is 3.79. The van der Waals surface area contributed by atoms with Gasteiger partial charge in [-0.25, -0.2) is 9.97 Å². The zero-order valence-electron chi connectivity index (χ0n) is 16.0. The molecule has 7 heteroatoms. The molecule has 0 aliphatic rings. The maximum absolute atomic E-state index is 5.25. The van der Waals surface area contributed by atoms with E-state index in [9.17, 15) is 0 Å². The predicted octanol–water partition coefficient (Wildman–Crippen LogP) is 5.13. The number of nitrogens with one attached hydrogen (secondary N) is 2. The monoisotopic (exact) mass is 392 g/mol. The molecular weight excluding hydrogens is 376 g/mol. The largest absolute Gasteiger partial charge is 0.472 e. The minimum atomic E-state index is 0.644. The molecule has 0 saturated heterocycles. The summed E-state index contributed by atoms with van der Waals surface area (Å²) in [5.74, 6) is 0.713. The third-order valence-electron chi connectivity index (χ3n) is 5.34. The maximum Gasteiger partial charge on any atom is 0.181 e. The normalized spacial score (nSPS) is 11.5. The number of hydrogen-bond acceptors (Lipinski definition) is 5. The van der Waals surface area contributed by atoms with Crippen LogP contribution in [0.2, 0.25) is 0 Å². The Hall–Kier alpha value is -4.26. The molecule has 0 saturated carbocycles. The van der Waals surface area contributed by atoms with Crippen molar-refractivity contribution in [1.82, 2.24) is 30.1 Å². The molecule has 5 heterocycles. The molecule has 5 aromatic heterocycles. The summed E-state index contributed by atoms with van der Waals surface area (Å²) in [6, 6.07) is 12.1. The van der Waals surface area contributed by atoms with E-state index in [0.29, 0.717) is 11.5 Å². The van der Waals surface area contributed by atoms with Gasteiger partial charge in [0, 0.05) is 40.8 Å². The SMILES string of the molecule is Cc1ccncc1-c1cnc2n[nH]c(-c3nc4c(-c5ccoc5)cccc4[nH]3)c2c1. The lowest BCUT2D eigenvalue weighted by molar-refractivity contribution is 0.568. The Labute approximate surface area is 170 Å². The molecule has 0 atom stereocenters. The van der Waals surface area contributed by atoms with E-state index in [4.69, 9.17) is 9.40 Å². The number of benzene rings is 1. The third-order valence-corrected chi connectivity index (χ3v) is 5.34. The van der Waals surface area contributed by atoms with Gasteiger partial charge in [-0.05, 0) is 36.8 Å². The van der Waals surface area contributed by atoms with E-state index in [2.05, 4.69) is 38.1 Å². The molecule has 0 amide bonds. The van der Waals surface area contributed by atoms with E-state index < -0.39 is 0 Å². The molecule has 0 aliphatic heterocycles. The quantitative estimate of drug-likeness (QED) is 0.435. The number of pyridine rings is 2. The first-order valence-electron chi connectivity index (χ1n) is 9.55. The molecule has 30 heavy (non-hydrogen) atoms. The summed E-state index contributed by atoms with van der Waals surface area (Å²) in [5, 5.41) is 8.37. The Balaban J connectivity index is 1.53. The molecule has 0 bridgehead atoms. The fourth-order valence-electron chi connectivity index (χ4n) is 3.79. The molecule has 7 nitrogen and oxygen atoms in total. The van der Waals surface area contributed by atoms with Crippen LogP contribution in [0.15, 0.2) is 71.9 Å². The minimum absolute atomic E-state index is 0.644. The number of rotatable bonds is 3. The van der Waals surface area contributed by atoms with Gasteiger partial charge in [0.05, 0.1) is 28.9 Å². The summed E-state index contributed by atoms with van der Waals surface area (Å²) >= 11 is 0. The highest BCUT2D eigenvalue weighted by molar-refractivity contribution is 5.97. The van der Waals surface area contributed by atoms with E-state index >= 15 is 0 Å². The second kappa shape index (κ2) is 6.38. The van der Waals surface area contributed by atoms with Crippen LogP contribution in [0.5, 0.6) is 0 Å².